The molecule has 0 aromatic rings. The van der Waals surface area contributed by atoms with E-state index in [1.165, 1.54) is 0 Å². The Bertz CT molecular complexity index is 1820. The van der Waals surface area contributed by atoms with Crippen molar-refractivity contribution in [2.45, 2.75) is 34.6 Å². The highest BCUT2D eigenvalue weighted by atomic mass is 14.9. The molecule has 0 heteroatoms. The van der Waals surface area contributed by atoms with Crippen molar-refractivity contribution in [1.29, 1.82) is 0 Å². The molecule has 0 radical (unpaired) electrons. The Kier molecular flexibility index (Phi) is 2.82. The lowest BCUT2D eigenvalue weighted by Crippen LogP contribution is -2.64. The average molecular weight is 587 g/mol. The highest BCUT2D eigenvalue weighted by molar-refractivity contribution is 5.71. The fraction of sp³-hybridized carbons (Fsp3) is 0.689. The molecular weight excluding hydrogens is 540 g/mol. The second-order valence-electron chi connectivity index (χ2n) is 21.5. The van der Waals surface area contributed by atoms with Gasteiger partial charge in [0.2, 0.25) is 0 Å². The lowest BCUT2D eigenvalue weighted by atomic mass is 9.35. The highest BCUT2D eigenvalue weighted by Crippen LogP contribution is 2.97. The Hall–Kier alpha value is -1.82. The number of fused-ring (bicyclic) bond motifs is 5. The number of hydrogen-bond donors (Lipinski definition) is 0. The lowest BCUT2D eigenvalue weighted by Gasteiger charge is -2.68. The van der Waals surface area contributed by atoms with Gasteiger partial charge in [-0.2, -0.15) is 0 Å². The van der Waals surface area contributed by atoms with E-state index in [0.717, 1.165) is 124 Å². The van der Waals surface area contributed by atoms with Gasteiger partial charge in [-0.3, -0.25) is 0 Å². The van der Waals surface area contributed by atoms with Gasteiger partial charge in [0.25, 0.3) is 0 Å². The van der Waals surface area contributed by atoms with Gasteiger partial charge >= 0.3 is 0 Å². The van der Waals surface area contributed by atoms with E-state index in [4.69, 9.17) is 0 Å². The third-order valence-corrected chi connectivity index (χ3v) is 22.3. The first-order chi connectivity index (χ1) is 21.7. The first-order valence-corrected chi connectivity index (χ1v) is 19.7. The molecule has 24 atom stereocenters. The Labute approximate surface area is 268 Å². The van der Waals surface area contributed by atoms with Gasteiger partial charge in [0.05, 0.1) is 0 Å². The molecule has 0 amide bonds. The maximum Gasteiger partial charge on any atom is 0.00904 e. The average Bonchev–Trinajstić information content (AvgIpc) is 3.81. The summed E-state index contributed by atoms with van der Waals surface area (Å²) in [6, 6.07) is 0. The van der Waals surface area contributed by atoms with Crippen molar-refractivity contribution < 1.29 is 0 Å². The molecule has 16 aliphatic carbocycles. The van der Waals surface area contributed by atoms with Crippen LogP contribution in [0.5, 0.6) is 0 Å². The Morgan fingerprint density at radius 2 is 0.533 bits per heavy atom. The number of allylic oxidation sites excluding steroid dienone is 14. The molecule has 16 aliphatic rings. The maximum atomic E-state index is 2.97. The van der Waals surface area contributed by atoms with Gasteiger partial charge in [0.15, 0.2) is 0 Å². The molecule has 0 saturated heterocycles. The lowest BCUT2D eigenvalue weighted by molar-refractivity contribution is -0.122. The van der Waals surface area contributed by atoms with Crippen molar-refractivity contribution in [2.75, 3.05) is 0 Å². The van der Waals surface area contributed by atoms with Crippen LogP contribution in [0.15, 0.2) is 83.1 Å². The Morgan fingerprint density at radius 1 is 0.311 bits per heavy atom. The van der Waals surface area contributed by atoms with Crippen LogP contribution in [0.3, 0.4) is 0 Å². The molecule has 0 bridgehead atoms. The third kappa shape index (κ3) is 1.50. The molecule has 226 valence electrons. The van der Waals surface area contributed by atoms with Crippen LogP contribution in [0, 0.1) is 151 Å². The van der Waals surface area contributed by atoms with Crippen LogP contribution in [-0.2, 0) is 0 Å². The molecule has 16 rings (SSSR count). The van der Waals surface area contributed by atoms with Crippen molar-refractivity contribution in [3.8, 4) is 0 Å². The summed E-state index contributed by atoms with van der Waals surface area (Å²) in [5.74, 6) is 17.0. The Balaban J connectivity index is 1.19. The van der Waals surface area contributed by atoms with Crippen LogP contribution in [0.4, 0.5) is 0 Å². The van der Waals surface area contributed by atoms with E-state index in [1.807, 2.05) is 0 Å². The van der Waals surface area contributed by atoms with Gasteiger partial charge in [-0.15, -0.1) is 0 Å². The summed E-state index contributed by atoms with van der Waals surface area (Å²) in [7, 11) is 0. The van der Waals surface area contributed by atoms with E-state index in [1.54, 1.807) is 0 Å². The quantitative estimate of drug-likeness (QED) is 0.250. The van der Waals surface area contributed by atoms with Crippen LogP contribution in [-0.4, -0.2) is 0 Å². The van der Waals surface area contributed by atoms with Gasteiger partial charge in [0, 0.05) is 16.7 Å². The van der Waals surface area contributed by atoms with E-state index in [-0.39, 0.29) is 0 Å². The van der Waals surface area contributed by atoms with Gasteiger partial charge in [-0.05, 0) is 146 Å². The summed E-state index contributed by atoms with van der Waals surface area (Å²) < 4.78 is 0. The molecule has 0 aromatic carbocycles. The first kappa shape index (κ1) is 22.7. The normalized spacial score (nSPS) is 78.8. The van der Waals surface area contributed by atoms with Crippen LogP contribution < -0.4 is 0 Å². The summed E-state index contributed by atoms with van der Waals surface area (Å²) in [5.41, 5.74) is 10.4. The molecule has 0 aliphatic heterocycles. The van der Waals surface area contributed by atoms with Gasteiger partial charge < -0.3 is 0 Å². The number of hydrogen-bond acceptors (Lipinski definition) is 0. The minimum atomic E-state index is 0.365. The topological polar surface area (TPSA) is 0 Å². The Morgan fingerprint density at radius 3 is 0.822 bits per heavy atom. The molecule has 0 heterocycles. The van der Waals surface area contributed by atoms with Crippen molar-refractivity contribution in [2.24, 2.45) is 151 Å². The fourth-order valence-corrected chi connectivity index (χ4v) is 22.8. The first-order valence-electron chi connectivity index (χ1n) is 19.7. The molecule has 45 heavy (non-hydrogen) atoms. The van der Waals surface area contributed by atoms with Gasteiger partial charge in [-0.25, -0.2) is 0 Å². The summed E-state index contributed by atoms with van der Waals surface area (Å²) in [6.45, 7) is 14.8. The summed E-state index contributed by atoms with van der Waals surface area (Å²) in [4.78, 5) is 0. The van der Waals surface area contributed by atoms with Gasteiger partial charge in [-0.1, -0.05) is 107 Å². The van der Waals surface area contributed by atoms with Crippen LogP contribution in [0.25, 0.3) is 0 Å². The molecule has 0 spiro atoms. The van der Waals surface area contributed by atoms with Crippen LogP contribution >= 0.6 is 0 Å². The van der Waals surface area contributed by atoms with E-state index < -0.39 is 0 Å². The predicted octanol–water partition coefficient (Wildman–Crippen LogP) is 8.55. The third-order valence-electron chi connectivity index (χ3n) is 22.3. The molecular formula is C45H46. The fourth-order valence-electron chi connectivity index (χ4n) is 22.8. The van der Waals surface area contributed by atoms with E-state index in [0.29, 0.717) is 27.1 Å². The molecule has 0 nitrogen and oxygen atoms in total. The second kappa shape index (κ2) is 5.58. The zero-order valence-corrected chi connectivity index (χ0v) is 27.4. The monoisotopic (exact) mass is 586 g/mol. The summed E-state index contributed by atoms with van der Waals surface area (Å²) in [5, 5.41) is 0. The zero-order chi connectivity index (χ0) is 29.0. The van der Waals surface area contributed by atoms with E-state index in [2.05, 4.69) is 118 Å². The van der Waals surface area contributed by atoms with Gasteiger partial charge in [0.1, 0.15) is 0 Å². The summed E-state index contributed by atoms with van der Waals surface area (Å²) >= 11 is 0. The molecule has 24 unspecified atom stereocenters. The van der Waals surface area contributed by atoms with E-state index >= 15 is 0 Å². The van der Waals surface area contributed by atoms with Crippen molar-refractivity contribution in [3.05, 3.63) is 83.1 Å². The largest absolute Gasteiger partial charge is 0.0842 e. The highest BCUT2D eigenvalue weighted by Gasteiger charge is 2.91. The van der Waals surface area contributed by atoms with Crippen molar-refractivity contribution in [3.63, 3.8) is 0 Å². The minimum Gasteiger partial charge on any atom is -0.0842 e. The maximum absolute atomic E-state index is 2.97. The van der Waals surface area contributed by atoms with Crippen LogP contribution in [0.1, 0.15) is 34.6 Å². The smallest absolute Gasteiger partial charge is 0.00904 e. The van der Waals surface area contributed by atoms with Crippen molar-refractivity contribution in [1.82, 2.24) is 0 Å². The molecule has 8 saturated carbocycles. The SMILES string of the molecule is CC12C3=C4C5C6=C3C3(C)C7C8C=CC(C9C=CC%10C%11C=CC%12C%13C=CC%14C%15C=CC8C3C%15C6(C)C%14C%13C5(C)C%12C%11C4(C)C%10C91)C72. The summed E-state index contributed by atoms with van der Waals surface area (Å²) in [6.07, 6.45) is 28.8. The standard InChI is InChI=1S/C45H46/c1-41-26-16-6-8-18-20-10-12-22-24-14-15-25-23-13-11-21-19-9-7-17(16)27(41)29(19)43(3)31(21)33(23)45(5)35(25)34(24)44(4)32(22)30(20)42(2,28(18)26)37-36(41)38(43)40(45)39(37)44/h6-36H,1-5H3. The van der Waals surface area contributed by atoms with Crippen LogP contribution in [0.2, 0.25) is 0 Å². The van der Waals surface area contributed by atoms with E-state index in [9.17, 15) is 0 Å². The molecule has 8 fully saturated rings. The predicted molar refractivity (Wildman–Crippen MR) is 174 cm³/mol. The minimum absolute atomic E-state index is 0.365. The number of rotatable bonds is 0. The second-order valence-corrected chi connectivity index (χ2v) is 21.5. The zero-order valence-electron chi connectivity index (χ0n) is 27.4. The molecule has 0 N–H and O–H groups in total. The molecule has 0 aromatic heterocycles. The van der Waals surface area contributed by atoms with Crippen molar-refractivity contribution >= 4 is 0 Å².